The average molecular weight is 233 g/mol. The molecule has 1 heterocycles. The second-order valence-electron chi connectivity index (χ2n) is 4.78. The second-order valence-corrected chi connectivity index (χ2v) is 4.78. The normalized spacial score (nSPS) is 24.8. The van der Waals surface area contributed by atoms with E-state index in [-0.39, 0.29) is 5.97 Å². The third kappa shape index (κ3) is 2.34. The minimum Gasteiger partial charge on any atom is -0.468 e. The van der Waals surface area contributed by atoms with E-state index < -0.39 is 5.54 Å². The first kappa shape index (κ1) is 12.1. The number of nitrogens with zero attached hydrogens (tertiary/aromatic N) is 1. The lowest BCUT2D eigenvalue weighted by Gasteiger charge is -2.32. The smallest absolute Gasteiger partial charge is 0.326 e. The van der Waals surface area contributed by atoms with Crippen LogP contribution in [0.25, 0.3) is 0 Å². The maximum Gasteiger partial charge on any atom is 0.326 e. The summed E-state index contributed by atoms with van der Waals surface area (Å²) in [7, 11) is 1.46. The van der Waals surface area contributed by atoms with Crippen LogP contribution >= 0.6 is 0 Å². The molecule has 0 bridgehead atoms. The van der Waals surface area contributed by atoms with Gasteiger partial charge in [0.25, 0.3) is 0 Å². The van der Waals surface area contributed by atoms with E-state index in [9.17, 15) is 4.79 Å². The van der Waals surface area contributed by atoms with E-state index in [4.69, 9.17) is 4.74 Å². The third-order valence-corrected chi connectivity index (χ3v) is 3.63. The Morgan fingerprint density at radius 1 is 1.41 bits per heavy atom. The first-order valence-electron chi connectivity index (χ1n) is 6.04. The summed E-state index contributed by atoms with van der Waals surface area (Å²) in [5, 5.41) is 0. The maximum absolute atomic E-state index is 11.9. The van der Waals surface area contributed by atoms with E-state index in [0.717, 1.165) is 25.9 Å². The molecule has 0 saturated carbocycles. The number of benzene rings is 1. The summed E-state index contributed by atoms with van der Waals surface area (Å²) in [6.45, 7) is 3.75. The highest BCUT2D eigenvalue weighted by molar-refractivity contribution is 5.80. The molecule has 0 amide bonds. The number of carbonyl (C=O) groups is 1. The van der Waals surface area contributed by atoms with Gasteiger partial charge >= 0.3 is 5.97 Å². The number of methoxy groups -OCH3 is 1. The first-order valence-corrected chi connectivity index (χ1v) is 6.04. The van der Waals surface area contributed by atoms with Gasteiger partial charge in [-0.2, -0.15) is 0 Å². The molecule has 0 spiro atoms. The quantitative estimate of drug-likeness (QED) is 0.750. The van der Waals surface area contributed by atoms with Crippen molar-refractivity contribution in [3.05, 3.63) is 35.9 Å². The van der Waals surface area contributed by atoms with Crippen LogP contribution < -0.4 is 0 Å². The highest BCUT2D eigenvalue weighted by Crippen LogP contribution is 2.31. The zero-order valence-electron chi connectivity index (χ0n) is 10.5. The summed E-state index contributed by atoms with van der Waals surface area (Å²) in [6.07, 6.45) is 1.94. The van der Waals surface area contributed by atoms with E-state index in [1.54, 1.807) is 0 Å². The van der Waals surface area contributed by atoms with Gasteiger partial charge < -0.3 is 4.74 Å². The van der Waals surface area contributed by atoms with Crippen molar-refractivity contribution >= 4 is 5.97 Å². The topological polar surface area (TPSA) is 29.5 Å². The van der Waals surface area contributed by atoms with Crippen molar-refractivity contribution in [2.75, 3.05) is 13.7 Å². The van der Waals surface area contributed by atoms with E-state index in [0.29, 0.717) is 0 Å². The van der Waals surface area contributed by atoms with E-state index in [1.165, 1.54) is 12.7 Å². The van der Waals surface area contributed by atoms with Gasteiger partial charge in [-0.3, -0.25) is 9.69 Å². The molecule has 1 aromatic rings. The molecule has 17 heavy (non-hydrogen) atoms. The van der Waals surface area contributed by atoms with E-state index in [2.05, 4.69) is 17.0 Å². The van der Waals surface area contributed by atoms with Gasteiger partial charge in [0.05, 0.1) is 7.11 Å². The molecule has 1 aromatic carbocycles. The minimum absolute atomic E-state index is 0.120. The lowest BCUT2D eigenvalue weighted by molar-refractivity contribution is -0.152. The van der Waals surface area contributed by atoms with Crippen molar-refractivity contribution in [2.24, 2.45) is 0 Å². The minimum atomic E-state index is -0.454. The zero-order chi connectivity index (χ0) is 12.3. The Morgan fingerprint density at radius 2 is 2.12 bits per heavy atom. The number of carbonyl (C=O) groups excluding carboxylic acids is 1. The van der Waals surface area contributed by atoms with Crippen LogP contribution in [0.1, 0.15) is 25.3 Å². The molecule has 0 aliphatic carbocycles. The number of hydrogen-bond donors (Lipinski definition) is 0. The number of rotatable bonds is 3. The van der Waals surface area contributed by atoms with Gasteiger partial charge in [0.2, 0.25) is 0 Å². The van der Waals surface area contributed by atoms with Crippen LogP contribution in [0.2, 0.25) is 0 Å². The first-order chi connectivity index (χ1) is 8.16. The number of esters is 1. The van der Waals surface area contributed by atoms with Gasteiger partial charge in [-0.25, -0.2) is 0 Å². The molecule has 3 heteroatoms. The number of hydrogen-bond acceptors (Lipinski definition) is 3. The summed E-state index contributed by atoms with van der Waals surface area (Å²) < 4.78 is 4.92. The lowest BCUT2D eigenvalue weighted by Crippen LogP contribution is -2.48. The van der Waals surface area contributed by atoms with Gasteiger partial charge in [-0.15, -0.1) is 0 Å². The molecular weight excluding hydrogens is 214 g/mol. The number of likely N-dealkylation sites (tertiary alicyclic amines) is 1. The van der Waals surface area contributed by atoms with E-state index in [1.807, 2.05) is 25.1 Å². The largest absolute Gasteiger partial charge is 0.468 e. The van der Waals surface area contributed by atoms with Crippen LogP contribution in [0.5, 0.6) is 0 Å². The molecule has 92 valence electrons. The summed E-state index contributed by atoms with van der Waals surface area (Å²) >= 11 is 0. The van der Waals surface area contributed by atoms with Crippen LogP contribution in [0.15, 0.2) is 30.3 Å². The summed E-state index contributed by atoms with van der Waals surface area (Å²) in [6, 6.07) is 10.3. The van der Waals surface area contributed by atoms with Crippen LogP contribution in [-0.4, -0.2) is 30.1 Å². The van der Waals surface area contributed by atoms with Crippen LogP contribution in [0.4, 0.5) is 0 Å². The lowest BCUT2D eigenvalue weighted by atomic mass is 9.98. The fourth-order valence-electron chi connectivity index (χ4n) is 2.53. The zero-order valence-corrected chi connectivity index (χ0v) is 10.5. The summed E-state index contributed by atoms with van der Waals surface area (Å²) in [5.41, 5.74) is 0.787. The molecule has 0 aromatic heterocycles. The predicted octanol–water partition coefficient (Wildman–Crippen LogP) is 2.21. The molecule has 1 aliphatic heterocycles. The Kier molecular flexibility index (Phi) is 3.48. The van der Waals surface area contributed by atoms with Crippen molar-refractivity contribution in [1.82, 2.24) is 4.90 Å². The SMILES string of the molecule is COC(=O)[C@]1(C)CCCN1Cc1ccccc1. The molecule has 0 N–H and O–H groups in total. The maximum atomic E-state index is 11.9. The predicted molar refractivity (Wildman–Crippen MR) is 66.5 cm³/mol. The Bertz CT molecular complexity index is 390. The van der Waals surface area contributed by atoms with Gasteiger partial charge in [0, 0.05) is 6.54 Å². The molecule has 1 fully saturated rings. The summed E-state index contributed by atoms with van der Waals surface area (Å²) in [5.74, 6) is -0.120. The molecular formula is C14H19NO2. The Hall–Kier alpha value is -1.35. The van der Waals surface area contributed by atoms with Crippen molar-refractivity contribution < 1.29 is 9.53 Å². The molecule has 1 atom stereocenters. The van der Waals surface area contributed by atoms with Crippen molar-refractivity contribution in [3.8, 4) is 0 Å². The fourth-order valence-corrected chi connectivity index (χ4v) is 2.53. The standard InChI is InChI=1S/C14H19NO2/c1-14(13(16)17-2)9-6-10-15(14)11-12-7-4-3-5-8-12/h3-5,7-8H,6,9-11H2,1-2H3/t14-/m0/s1. The Balaban J connectivity index is 2.13. The fraction of sp³-hybridized carbons (Fsp3) is 0.500. The number of ether oxygens (including phenoxy) is 1. The molecule has 0 radical (unpaired) electrons. The summed E-state index contributed by atoms with van der Waals surface area (Å²) in [4.78, 5) is 14.1. The molecule has 1 aliphatic rings. The van der Waals surface area contributed by atoms with Crippen molar-refractivity contribution in [3.63, 3.8) is 0 Å². The molecule has 3 nitrogen and oxygen atoms in total. The van der Waals surface area contributed by atoms with Crippen LogP contribution in [0, 0.1) is 0 Å². The molecule has 0 unspecified atom stereocenters. The highest BCUT2D eigenvalue weighted by atomic mass is 16.5. The second kappa shape index (κ2) is 4.88. The molecule has 2 rings (SSSR count). The van der Waals surface area contributed by atoms with Crippen molar-refractivity contribution in [1.29, 1.82) is 0 Å². The Morgan fingerprint density at radius 3 is 2.76 bits per heavy atom. The Labute approximate surface area is 102 Å². The third-order valence-electron chi connectivity index (χ3n) is 3.63. The molecule has 1 saturated heterocycles. The highest BCUT2D eigenvalue weighted by Gasteiger charge is 2.43. The van der Waals surface area contributed by atoms with E-state index >= 15 is 0 Å². The monoisotopic (exact) mass is 233 g/mol. The van der Waals surface area contributed by atoms with Crippen molar-refractivity contribution in [2.45, 2.75) is 31.8 Å². The average Bonchev–Trinajstić information content (AvgIpc) is 2.72. The van der Waals surface area contributed by atoms with Gasteiger partial charge in [0.15, 0.2) is 0 Å². The van der Waals surface area contributed by atoms with Gasteiger partial charge in [-0.05, 0) is 31.9 Å². The van der Waals surface area contributed by atoms with Crippen LogP contribution in [-0.2, 0) is 16.1 Å². The van der Waals surface area contributed by atoms with Gasteiger partial charge in [-0.1, -0.05) is 30.3 Å². The van der Waals surface area contributed by atoms with Gasteiger partial charge in [0.1, 0.15) is 5.54 Å². The van der Waals surface area contributed by atoms with Crippen LogP contribution in [0.3, 0.4) is 0 Å².